The number of para-hydroxylation sites is 1. The molecule has 4 aromatic heterocycles. The molecule has 0 fully saturated rings. The minimum Gasteiger partial charge on any atom is -0.366 e. The summed E-state index contributed by atoms with van der Waals surface area (Å²) in [5, 5.41) is 11.7. The molecule has 0 unspecified atom stereocenters. The van der Waals surface area contributed by atoms with Gasteiger partial charge in [-0.2, -0.15) is 5.10 Å². The van der Waals surface area contributed by atoms with Gasteiger partial charge in [-0.1, -0.05) is 12.1 Å². The maximum absolute atomic E-state index is 11.9. The van der Waals surface area contributed by atoms with Gasteiger partial charge in [0.05, 0.1) is 33.4 Å². The Morgan fingerprint density at radius 2 is 1.65 bits per heavy atom. The van der Waals surface area contributed by atoms with Gasteiger partial charge in [0.25, 0.3) is 0 Å². The molecule has 0 spiro atoms. The van der Waals surface area contributed by atoms with Gasteiger partial charge < -0.3 is 25.5 Å². The molecule has 4 N–H and O–H groups in total. The third-order valence-corrected chi connectivity index (χ3v) is 8.71. The molecular formula is C32H37N9OS. The lowest BCUT2D eigenvalue weighted by Crippen LogP contribution is -2.10. The Hall–Kier alpha value is -4.64. The monoisotopic (exact) mass is 595 g/mol. The SMILES string of the molecule is CCn1nc(C)cc1Nc1nc2cc(C(N)=O)ccc2n1CCCCn1c(Nc2cc(C)sc2C)nc2cccc(C)c21. The van der Waals surface area contributed by atoms with Crippen molar-refractivity contribution in [3.63, 3.8) is 0 Å². The number of aromatic nitrogens is 6. The van der Waals surface area contributed by atoms with E-state index in [1.807, 2.05) is 23.7 Å². The number of primary amides is 1. The lowest BCUT2D eigenvalue weighted by Gasteiger charge is -2.14. The molecule has 0 aliphatic heterocycles. The van der Waals surface area contributed by atoms with Crippen LogP contribution in [0.3, 0.4) is 0 Å². The molecule has 222 valence electrons. The first kappa shape index (κ1) is 28.5. The van der Waals surface area contributed by atoms with E-state index in [1.54, 1.807) is 23.5 Å². The molecule has 6 aromatic rings. The number of carbonyl (C=O) groups is 1. The summed E-state index contributed by atoms with van der Waals surface area (Å²) in [6.07, 6.45) is 1.84. The quantitative estimate of drug-likeness (QED) is 0.139. The number of aryl methyl sites for hydroxylation is 7. The maximum atomic E-state index is 11.9. The summed E-state index contributed by atoms with van der Waals surface area (Å²) in [7, 11) is 0. The van der Waals surface area contributed by atoms with Crippen LogP contribution in [0.1, 0.15) is 51.1 Å². The van der Waals surface area contributed by atoms with E-state index in [0.717, 1.165) is 77.7 Å². The van der Waals surface area contributed by atoms with Crippen molar-refractivity contribution in [2.45, 2.75) is 67.1 Å². The number of anilines is 4. The number of amides is 1. The minimum atomic E-state index is -0.467. The van der Waals surface area contributed by atoms with Crippen molar-refractivity contribution in [2.75, 3.05) is 10.6 Å². The Morgan fingerprint density at radius 3 is 2.37 bits per heavy atom. The van der Waals surface area contributed by atoms with E-state index in [4.69, 9.17) is 15.7 Å². The molecule has 0 aliphatic rings. The zero-order valence-electron chi connectivity index (χ0n) is 25.2. The molecule has 0 atom stereocenters. The largest absolute Gasteiger partial charge is 0.366 e. The molecule has 6 rings (SSSR count). The van der Waals surface area contributed by atoms with Gasteiger partial charge in [0.15, 0.2) is 0 Å². The molecule has 0 saturated heterocycles. The van der Waals surface area contributed by atoms with Crippen LogP contribution in [-0.2, 0) is 19.6 Å². The first-order valence-corrected chi connectivity index (χ1v) is 15.4. The van der Waals surface area contributed by atoms with Crippen molar-refractivity contribution in [1.82, 2.24) is 28.9 Å². The van der Waals surface area contributed by atoms with E-state index in [9.17, 15) is 4.79 Å². The first-order valence-electron chi connectivity index (χ1n) is 14.6. The molecule has 0 bridgehead atoms. The normalized spacial score (nSPS) is 11.6. The number of nitrogens with one attached hydrogen (secondary N) is 2. The Bertz CT molecular complexity index is 1960. The van der Waals surface area contributed by atoms with Crippen molar-refractivity contribution in [3.05, 3.63) is 75.1 Å². The average molecular weight is 596 g/mol. The molecule has 0 saturated carbocycles. The van der Waals surface area contributed by atoms with Crippen molar-refractivity contribution in [3.8, 4) is 0 Å². The molecule has 0 aliphatic carbocycles. The summed E-state index contributed by atoms with van der Waals surface area (Å²) in [6.45, 7) is 12.7. The molecule has 11 heteroatoms. The lowest BCUT2D eigenvalue weighted by molar-refractivity contribution is 0.100. The first-order chi connectivity index (χ1) is 20.7. The highest BCUT2D eigenvalue weighted by Crippen LogP contribution is 2.31. The smallest absolute Gasteiger partial charge is 0.248 e. The minimum absolute atomic E-state index is 0.441. The number of nitrogens with zero attached hydrogens (tertiary/aromatic N) is 6. The van der Waals surface area contributed by atoms with Gasteiger partial charge in [0.2, 0.25) is 17.8 Å². The molecule has 10 nitrogen and oxygen atoms in total. The number of imidazole rings is 2. The van der Waals surface area contributed by atoms with Crippen molar-refractivity contribution in [1.29, 1.82) is 0 Å². The number of rotatable bonds is 11. The van der Waals surface area contributed by atoms with Gasteiger partial charge in [0, 0.05) is 41.0 Å². The number of carbonyl (C=O) groups excluding carboxylic acids is 1. The van der Waals surface area contributed by atoms with E-state index in [2.05, 4.69) is 76.8 Å². The van der Waals surface area contributed by atoms with Crippen LogP contribution in [0, 0.1) is 27.7 Å². The molecule has 4 heterocycles. The second-order valence-electron chi connectivity index (χ2n) is 11.0. The predicted molar refractivity (Wildman–Crippen MR) is 175 cm³/mol. The third kappa shape index (κ3) is 5.60. The van der Waals surface area contributed by atoms with Crippen molar-refractivity contribution >= 4 is 62.7 Å². The van der Waals surface area contributed by atoms with Crippen LogP contribution in [-0.4, -0.2) is 34.8 Å². The summed E-state index contributed by atoms with van der Waals surface area (Å²) in [5.41, 5.74) is 13.1. The summed E-state index contributed by atoms with van der Waals surface area (Å²) in [4.78, 5) is 24.2. The number of hydrogen-bond donors (Lipinski definition) is 3. The van der Waals surface area contributed by atoms with E-state index in [1.165, 1.54) is 15.3 Å². The topological polar surface area (TPSA) is 121 Å². The Labute approximate surface area is 254 Å². The second kappa shape index (κ2) is 11.6. The van der Waals surface area contributed by atoms with E-state index < -0.39 is 5.91 Å². The fourth-order valence-corrected chi connectivity index (χ4v) is 6.58. The van der Waals surface area contributed by atoms with E-state index >= 15 is 0 Å². The third-order valence-electron chi connectivity index (χ3n) is 7.74. The van der Waals surface area contributed by atoms with Crippen molar-refractivity contribution < 1.29 is 4.79 Å². The average Bonchev–Trinajstić information content (AvgIpc) is 3.70. The van der Waals surface area contributed by atoms with Crippen LogP contribution in [0.25, 0.3) is 22.1 Å². The van der Waals surface area contributed by atoms with Gasteiger partial charge in [-0.15, -0.1) is 11.3 Å². The van der Waals surface area contributed by atoms with Crippen LogP contribution < -0.4 is 16.4 Å². The standard InChI is InChI=1S/C32H37N9OS/c1-6-41-28(16-20(3)38-41)37-32-36-26-18-23(30(33)42)12-13-27(26)39(32)14-7-8-15-40-29-19(2)10-9-11-24(29)34-31(40)35-25-17-21(4)43-22(25)5/h9-13,16-18H,6-8,14-15H2,1-5H3,(H2,33,42)(H,34,35)(H,36,37). The van der Waals surface area contributed by atoms with Gasteiger partial charge in [-0.05, 0) is 83.4 Å². The number of fused-ring (bicyclic) bond motifs is 2. The Morgan fingerprint density at radius 1 is 0.907 bits per heavy atom. The Balaban J connectivity index is 1.27. The van der Waals surface area contributed by atoms with Gasteiger partial charge in [-0.25, -0.2) is 14.6 Å². The summed E-state index contributed by atoms with van der Waals surface area (Å²) >= 11 is 1.79. The van der Waals surface area contributed by atoms with Crippen molar-refractivity contribution in [2.24, 2.45) is 5.73 Å². The number of nitrogens with two attached hydrogens (primary N) is 1. The predicted octanol–water partition coefficient (Wildman–Crippen LogP) is 6.96. The maximum Gasteiger partial charge on any atom is 0.248 e. The number of benzene rings is 2. The van der Waals surface area contributed by atoms with Gasteiger partial charge in [-0.3, -0.25) is 4.79 Å². The number of hydrogen-bond acceptors (Lipinski definition) is 7. The summed E-state index contributed by atoms with van der Waals surface area (Å²) in [5.74, 6) is 1.98. The zero-order chi connectivity index (χ0) is 30.2. The van der Waals surface area contributed by atoms with Gasteiger partial charge in [0.1, 0.15) is 5.82 Å². The molecule has 1 amide bonds. The second-order valence-corrected chi connectivity index (χ2v) is 12.4. The van der Waals surface area contributed by atoms with Crippen LogP contribution in [0.4, 0.5) is 23.4 Å². The fraction of sp³-hybridized carbons (Fsp3) is 0.312. The van der Waals surface area contributed by atoms with Gasteiger partial charge >= 0.3 is 0 Å². The molecular weight excluding hydrogens is 558 g/mol. The van der Waals surface area contributed by atoms with Crippen LogP contribution >= 0.6 is 11.3 Å². The lowest BCUT2D eigenvalue weighted by atomic mass is 10.2. The zero-order valence-corrected chi connectivity index (χ0v) is 26.0. The number of thiophene rings is 1. The van der Waals surface area contributed by atoms with E-state index in [-0.39, 0.29) is 0 Å². The fourth-order valence-electron chi connectivity index (χ4n) is 5.70. The highest BCUT2D eigenvalue weighted by Gasteiger charge is 2.17. The molecule has 2 aromatic carbocycles. The number of unbranched alkanes of at least 4 members (excludes halogenated alkanes) is 1. The van der Waals surface area contributed by atoms with Crippen LogP contribution in [0.2, 0.25) is 0 Å². The van der Waals surface area contributed by atoms with Crippen LogP contribution in [0.5, 0.6) is 0 Å². The molecule has 43 heavy (non-hydrogen) atoms. The highest BCUT2D eigenvalue weighted by molar-refractivity contribution is 7.12. The Kier molecular flexibility index (Phi) is 7.66. The summed E-state index contributed by atoms with van der Waals surface area (Å²) < 4.78 is 6.41. The summed E-state index contributed by atoms with van der Waals surface area (Å²) in [6, 6.07) is 15.9. The molecule has 0 radical (unpaired) electrons. The van der Waals surface area contributed by atoms with Crippen LogP contribution in [0.15, 0.2) is 48.5 Å². The van der Waals surface area contributed by atoms with E-state index in [0.29, 0.717) is 11.5 Å². The highest BCUT2D eigenvalue weighted by atomic mass is 32.1.